The molecule has 2 heterocycles. The second-order valence-electron chi connectivity index (χ2n) is 3.76. The van der Waals surface area contributed by atoms with Crippen LogP contribution in [-0.2, 0) is 4.74 Å². The maximum Gasteiger partial charge on any atom is 0.256 e. The van der Waals surface area contributed by atoms with Crippen LogP contribution in [-0.4, -0.2) is 16.2 Å². The van der Waals surface area contributed by atoms with Gasteiger partial charge in [0, 0.05) is 0 Å². The quantitative estimate of drug-likeness (QED) is 0.665. The van der Waals surface area contributed by atoms with Crippen molar-refractivity contribution in [2.45, 2.75) is 39.4 Å². The van der Waals surface area contributed by atoms with Gasteiger partial charge in [0.15, 0.2) is 5.82 Å². The number of nitrogens with zero attached hydrogens (tertiary/aromatic N) is 2. The zero-order valence-electron chi connectivity index (χ0n) is 8.15. The van der Waals surface area contributed by atoms with E-state index in [0.29, 0.717) is 23.7 Å². The Morgan fingerprint density at radius 2 is 2.15 bits per heavy atom. The molecule has 0 aromatic carbocycles. The van der Waals surface area contributed by atoms with Gasteiger partial charge < -0.3 is 9.26 Å². The van der Waals surface area contributed by atoms with Crippen molar-refractivity contribution in [2.75, 3.05) is 0 Å². The maximum absolute atomic E-state index is 5.68. The number of rotatable bonds is 1. The molecule has 0 N–H and O–H groups in total. The zero-order chi connectivity index (χ0) is 9.42. The summed E-state index contributed by atoms with van der Waals surface area (Å²) in [7, 11) is 0. The molecule has 2 rings (SSSR count). The highest BCUT2D eigenvalue weighted by atomic mass is 16.5. The molecule has 0 bridgehead atoms. The van der Waals surface area contributed by atoms with Crippen LogP contribution >= 0.6 is 0 Å². The molecule has 0 spiro atoms. The van der Waals surface area contributed by atoms with E-state index < -0.39 is 0 Å². The van der Waals surface area contributed by atoms with E-state index in [9.17, 15) is 0 Å². The SMILES string of the molecule is Cc1noc(C2OC(C)CC2C)n1. The summed E-state index contributed by atoms with van der Waals surface area (Å²) in [6.07, 6.45) is 1.36. The standard InChI is InChI=1S/C9H14N2O2/c1-5-4-6(2)12-8(5)9-10-7(3)11-13-9/h5-6,8H,4H2,1-3H3. The number of aromatic nitrogens is 2. The number of ether oxygens (including phenoxy) is 1. The van der Waals surface area contributed by atoms with Crippen molar-refractivity contribution in [1.82, 2.24) is 10.1 Å². The number of aryl methyl sites for hydroxylation is 1. The molecule has 0 saturated carbocycles. The number of hydrogen-bond donors (Lipinski definition) is 0. The molecule has 1 aromatic rings. The summed E-state index contributed by atoms with van der Waals surface area (Å²) >= 11 is 0. The molecule has 13 heavy (non-hydrogen) atoms. The lowest BCUT2D eigenvalue weighted by molar-refractivity contribution is 0.0243. The molecule has 0 radical (unpaired) electrons. The lowest BCUT2D eigenvalue weighted by atomic mass is 10.0. The molecule has 1 fully saturated rings. The third kappa shape index (κ3) is 1.58. The van der Waals surface area contributed by atoms with Gasteiger partial charge in [-0.25, -0.2) is 0 Å². The maximum atomic E-state index is 5.68. The number of hydrogen-bond acceptors (Lipinski definition) is 4. The Bertz CT molecular complexity index is 298. The minimum absolute atomic E-state index is 0.00352. The van der Waals surface area contributed by atoms with E-state index in [1.807, 2.05) is 6.92 Å². The molecule has 4 nitrogen and oxygen atoms in total. The van der Waals surface area contributed by atoms with E-state index >= 15 is 0 Å². The molecule has 3 unspecified atom stereocenters. The van der Waals surface area contributed by atoms with E-state index in [4.69, 9.17) is 9.26 Å². The van der Waals surface area contributed by atoms with E-state index in [0.717, 1.165) is 6.42 Å². The fourth-order valence-corrected chi connectivity index (χ4v) is 1.82. The van der Waals surface area contributed by atoms with E-state index in [2.05, 4.69) is 24.0 Å². The Morgan fingerprint density at radius 3 is 2.62 bits per heavy atom. The first kappa shape index (κ1) is 8.69. The van der Waals surface area contributed by atoms with Crippen molar-refractivity contribution in [2.24, 2.45) is 5.92 Å². The van der Waals surface area contributed by atoms with Gasteiger partial charge in [0.05, 0.1) is 6.10 Å². The molecule has 1 saturated heterocycles. The summed E-state index contributed by atoms with van der Waals surface area (Å²) in [6.45, 7) is 6.03. The van der Waals surface area contributed by atoms with Crippen molar-refractivity contribution < 1.29 is 9.26 Å². The normalized spacial score (nSPS) is 33.9. The smallest absolute Gasteiger partial charge is 0.256 e. The monoisotopic (exact) mass is 182 g/mol. The van der Waals surface area contributed by atoms with Crippen LogP contribution in [0.4, 0.5) is 0 Å². The van der Waals surface area contributed by atoms with Gasteiger partial charge in [-0.2, -0.15) is 4.98 Å². The van der Waals surface area contributed by atoms with Gasteiger partial charge in [-0.15, -0.1) is 0 Å². The average molecular weight is 182 g/mol. The second-order valence-corrected chi connectivity index (χ2v) is 3.76. The van der Waals surface area contributed by atoms with Gasteiger partial charge in [-0.3, -0.25) is 0 Å². The third-order valence-electron chi connectivity index (χ3n) is 2.39. The van der Waals surface area contributed by atoms with Crippen LogP contribution in [0.3, 0.4) is 0 Å². The van der Waals surface area contributed by atoms with Crippen LogP contribution in [0, 0.1) is 12.8 Å². The van der Waals surface area contributed by atoms with Crippen molar-refractivity contribution >= 4 is 0 Å². The second kappa shape index (κ2) is 3.10. The Kier molecular flexibility index (Phi) is 2.07. The molecular weight excluding hydrogens is 168 g/mol. The predicted octanol–water partition coefficient (Wildman–Crippen LogP) is 1.86. The largest absolute Gasteiger partial charge is 0.365 e. The van der Waals surface area contributed by atoms with Gasteiger partial charge in [-0.05, 0) is 26.2 Å². The molecule has 0 aliphatic carbocycles. The fourth-order valence-electron chi connectivity index (χ4n) is 1.82. The highest BCUT2D eigenvalue weighted by molar-refractivity contribution is 4.93. The molecule has 0 amide bonds. The highest BCUT2D eigenvalue weighted by Gasteiger charge is 2.34. The van der Waals surface area contributed by atoms with Crippen LogP contribution in [0.5, 0.6) is 0 Å². The lowest BCUT2D eigenvalue weighted by Crippen LogP contribution is -2.04. The van der Waals surface area contributed by atoms with Gasteiger partial charge >= 0.3 is 0 Å². The Labute approximate surface area is 77.3 Å². The van der Waals surface area contributed by atoms with Crippen molar-refractivity contribution in [3.05, 3.63) is 11.7 Å². The predicted molar refractivity (Wildman–Crippen MR) is 46.1 cm³/mol. The summed E-state index contributed by atoms with van der Waals surface area (Å²) in [5.74, 6) is 1.76. The molecule has 72 valence electrons. The molecule has 1 aliphatic heterocycles. The van der Waals surface area contributed by atoms with Crippen LogP contribution in [0.15, 0.2) is 4.52 Å². The van der Waals surface area contributed by atoms with Gasteiger partial charge in [0.1, 0.15) is 6.10 Å². The van der Waals surface area contributed by atoms with Gasteiger partial charge in [-0.1, -0.05) is 12.1 Å². The van der Waals surface area contributed by atoms with Gasteiger partial charge in [0.2, 0.25) is 0 Å². The third-order valence-corrected chi connectivity index (χ3v) is 2.39. The van der Waals surface area contributed by atoms with Crippen molar-refractivity contribution in [3.63, 3.8) is 0 Å². The minimum atomic E-state index is -0.00352. The first-order valence-corrected chi connectivity index (χ1v) is 4.62. The van der Waals surface area contributed by atoms with Crippen LogP contribution < -0.4 is 0 Å². The molecular formula is C9H14N2O2. The molecule has 4 heteroatoms. The topological polar surface area (TPSA) is 48.2 Å². The molecule has 1 aliphatic rings. The zero-order valence-corrected chi connectivity index (χ0v) is 8.15. The average Bonchev–Trinajstić information content (AvgIpc) is 2.58. The van der Waals surface area contributed by atoms with Crippen molar-refractivity contribution in [1.29, 1.82) is 0 Å². The van der Waals surface area contributed by atoms with Crippen LogP contribution in [0.25, 0.3) is 0 Å². The first-order valence-electron chi connectivity index (χ1n) is 4.62. The molecule has 1 aromatic heterocycles. The van der Waals surface area contributed by atoms with Crippen LogP contribution in [0.1, 0.15) is 38.1 Å². The molecule has 3 atom stereocenters. The summed E-state index contributed by atoms with van der Waals surface area (Å²) in [5, 5.41) is 3.75. The Morgan fingerprint density at radius 1 is 1.38 bits per heavy atom. The minimum Gasteiger partial charge on any atom is -0.365 e. The summed E-state index contributed by atoms with van der Waals surface area (Å²) in [6, 6.07) is 0. The Hall–Kier alpha value is -0.900. The summed E-state index contributed by atoms with van der Waals surface area (Å²) in [4.78, 5) is 4.17. The lowest BCUT2D eigenvalue weighted by Gasteiger charge is -2.08. The Balaban J connectivity index is 2.17. The summed E-state index contributed by atoms with van der Waals surface area (Å²) in [5.41, 5.74) is 0. The van der Waals surface area contributed by atoms with Crippen molar-refractivity contribution in [3.8, 4) is 0 Å². The van der Waals surface area contributed by atoms with E-state index in [1.54, 1.807) is 0 Å². The van der Waals surface area contributed by atoms with E-state index in [-0.39, 0.29) is 6.10 Å². The summed E-state index contributed by atoms with van der Waals surface area (Å²) < 4.78 is 10.8. The van der Waals surface area contributed by atoms with Gasteiger partial charge in [0.25, 0.3) is 5.89 Å². The van der Waals surface area contributed by atoms with E-state index in [1.165, 1.54) is 0 Å². The highest BCUT2D eigenvalue weighted by Crippen LogP contribution is 2.36. The van der Waals surface area contributed by atoms with Crippen LogP contribution in [0.2, 0.25) is 0 Å². The first-order chi connectivity index (χ1) is 6.16. The fraction of sp³-hybridized carbons (Fsp3) is 0.778.